The van der Waals surface area contributed by atoms with Crippen LogP contribution in [0.15, 0.2) is 18.3 Å². The number of carbonyl (C=O) groups is 1. The molecule has 78 valence electrons. The Morgan fingerprint density at radius 2 is 2.20 bits per heavy atom. The Balaban J connectivity index is 2.17. The van der Waals surface area contributed by atoms with Crippen LogP contribution in [0.4, 0.5) is 5.82 Å². The van der Waals surface area contributed by atoms with Crippen LogP contribution < -0.4 is 4.90 Å². The summed E-state index contributed by atoms with van der Waals surface area (Å²) in [6, 6.07) is 4.10. The van der Waals surface area contributed by atoms with Crippen LogP contribution in [0.3, 0.4) is 0 Å². The van der Waals surface area contributed by atoms with Crippen molar-refractivity contribution in [3.63, 3.8) is 0 Å². The second-order valence-electron chi connectivity index (χ2n) is 4.61. The van der Waals surface area contributed by atoms with Crippen LogP contribution in [0.1, 0.15) is 31.2 Å². The largest absolute Gasteiger partial charge is 0.300 e. The molecule has 1 fully saturated rings. The van der Waals surface area contributed by atoms with E-state index in [0.29, 0.717) is 6.42 Å². The van der Waals surface area contributed by atoms with Gasteiger partial charge in [0.2, 0.25) is 5.91 Å². The average molecular weight is 202 g/mol. The summed E-state index contributed by atoms with van der Waals surface area (Å²) < 4.78 is 0. The van der Waals surface area contributed by atoms with E-state index in [4.69, 9.17) is 0 Å². The smallest absolute Gasteiger partial charge is 0.227 e. The SMILES string of the molecule is CN1C(=O)CCC2(CC2)c2cccnc21. The summed E-state index contributed by atoms with van der Waals surface area (Å²) in [7, 11) is 1.83. The summed E-state index contributed by atoms with van der Waals surface area (Å²) in [6.45, 7) is 0. The summed E-state index contributed by atoms with van der Waals surface area (Å²) in [5, 5.41) is 0. The predicted octanol–water partition coefficient (Wildman–Crippen LogP) is 1.87. The number of hydrogen-bond acceptors (Lipinski definition) is 2. The van der Waals surface area contributed by atoms with Gasteiger partial charge in [-0.3, -0.25) is 9.69 Å². The van der Waals surface area contributed by atoms with Gasteiger partial charge in [0, 0.05) is 25.2 Å². The first-order chi connectivity index (χ1) is 7.23. The van der Waals surface area contributed by atoms with Gasteiger partial charge in [0.05, 0.1) is 0 Å². The average Bonchev–Trinajstić information content (AvgIpc) is 3.06. The third kappa shape index (κ3) is 1.19. The molecule has 0 atom stereocenters. The quantitative estimate of drug-likeness (QED) is 0.643. The molecule has 0 unspecified atom stereocenters. The van der Waals surface area contributed by atoms with E-state index in [2.05, 4.69) is 11.1 Å². The number of pyridine rings is 1. The van der Waals surface area contributed by atoms with E-state index in [0.717, 1.165) is 12.2 Å². The van der Waals surface area contributed by atoms with Crippen molar-refractivity contribution in [2.24, 2.45) is 0 Å². The van der Waals surface area contributed by atoms with Crippen molar-refractivity contribution in [3.05, 3.63) is 23.9 Å². The molecule has 0 aromatic carbocycles. The minimum Gasteiger partial charge on any atom is -0.300 e. The normalized spacial score (nSPS) is 22.5. The van der Waals surface area contributed by atoms with E-state index in [1.165, 1.54) is 18.4 Å². The highest BCUT2D eigenvalue weighted by Gasteiger charge is 2.48. The number of aromatic nitrogens is 1. The first-order valence-corrected chi connectivity index (χ1v) is 5.45. The van der Waals surface area contributed by atoms with Crippen LogP contribution in [0.2, 0.25) is 0 Å². The van der Waals surface area contributed by atoms with Crippen molar-refractivity contribution >= 4 is 11.7 Å². The summed E-state index contributed by atoms with van der Waals surface area (Å²) in [6.07, 6.45) is 5.85. The maximum atomic E-state index is 11.8. The number of rotatable bonds is 0. The molecule has 1 aromatic rings. The van der Waals surface area contributed by atoms with Crippen molar-refractivity contribution in [3.8, 4) is 0 Å². The number of amides is 1. The van der Waals surface area contributed by atoms with Crippen molar-refractivity contribution in [1.82, 2.24) is 4.98 Å². The van der Waals surface area contributed by atoms with E-state index >= 15 is 0 Å². The zero-order valence-corrected chi connectivity index (χ0v) is 8.86. The minimum absolute atomic E-state index is 0.193. The number of fused-ring (bicyclic) bond motifs is 2. The molecular formula is C12H14N2O. The van der Waals surface area contributed by atoms with Gasteiger partial charge >= 0.3 is 0 Å². The number of nitrogens with zero attached hydrogens (tertiary/aromatic N) is 2. The highest BCUT2D eigenvalue weighted by Crippen LogP contribution is 2.55. The highest BCUT2D eigenvalue weighted by atomic mass is 16.2. The van der Waals surface area contributed by atoms with E-state index < -0.39 is 0 Å². The summed E-state index contributed by atoms with van der Waals surface area (Å²) in [5.74, 6) is 1.07. The van der Waals surface area contributed by atoms with E-state index in [-0.39, 0.29) is 11.3 Å². The molecule has 3 nitrogen and oxygen atoms in total. The van der Waals surface area contributed by atoms with Crippen LogP contribution >= 0.6 is 0 Å². The third-order valence-electron chi connectivity index (χ3n) is 3.72. The third-order valence-corrected chi connectivity index (χ3v) is 3.72. The van der Waals surface area contributed by atoms with Gasteiger partial charge in [0.1, 0.15) is 5.82 Å². The van der Waals surface area contributed by atoms with Gasteiger partial charge in [-0.05, 0) is 30.7 Å². The maximum Gasteiger partial charge on any atom is 0.227 e. The topological polar surface area (TPSA) is 33.2 Å². The fraction of sp³-hybridized carbons (Fsp3) is 0.500. The fourth-order valence-electron chi connectivity index (χ4n) is 2.52. The Bertz CT molecular complexity index is 423. The number of anilines is 1. The predicted molar refractivity (Wildman–Crippen MR) is 57.8 cm³/mol. The maximum absolute atomic E-state index is 11.8. The van der Waals surface area contributed by atoms with Gasteiger partial charge < -0.3 is 0 Å². The molecule has 15 heavy (non-hydrogen) atoms. The molecule has 0 bridgehead atoms. The molecule has 1 aliphatic carbocycles. The number of hydrogen-bond donors (Lipinski definition) is 0. The molecule has 0 radical (unpaired) electrons. The Hall–Kier alpha value is -1.38. The van der Waals surface area contributed by atoms with Gasteiger partial charge in [-0.15, -0.1) is 0 Å². The van der Waals surface area contributed by atoms with Crippen molar-refractivity contribution in [1.29, 1.82) is 0 Å². The van der Waals surface area contributed by atoms with Crippen molar-refractivity contribution in [2.45, 2.75) is 31.1 Å². The highest BCUT2D eigenvalue weighted by molar-refractivity contribution is 5.93. The van der Waals surface area contributed by atoms with Gasteiger partial charge in [0.15, 0.2) is 0 Å². The number of carbonyl (C=O) groups excluding carboxylic acids is 1. The molecule has 1 amide bonds. The molecule has 1 spiro atoms. The van der Waals surface area contributed by atoms with Crippen LogP contribution in [0.25, 0.3) is 0 Å². The standard InChI is InChI=1S/C12H14N2O/c1-14-10(15)4-5-12(6-7-12)9-3-2-8-13-11(9)14/h2-3,8H,4-7H2,1H3. The van der Waals surface area contributed by atoms with Crippen LogP contribution in [-0.4, -0.2) is 17.9 Å². The molecule has 0 saturated heterocycles. The van der Waals surface area contributed by atoms with E-state index in [1.807, 2.05) is 13.1 Å². The Morgan fingerprint density at radius 3 is 2.93 bits per heavy atom. The van der Waals surface area contributed by atoms with E-state index in [9.17, 15) is 4.79 Å². The van der Waals surface area contributed by atoms with Crippen LogP contribution in [0, 0.1) is 0 Å². The lowest BCUT2D eigenvalue weighted by Gasteiger charge is -2.17. The lowest BCUT2D eigenvalue weighted by atomic mass is 9.92. The lowest BCUT2D eigenvalue weighted by molar-refractivity contribution is -0.118. The molecule has 0 N–H and O–H groups in total. The molecule has 2 aliphatic rings. The van der Waals surface area contributed by atoms with Gasteiger partial charge in [-0.25, -0.2) is 4.98 Å². The van der Waals surface area contributed by atoms with E-state index in [1.54, 1.807) is 11.1 Å². The monoisotopic (exact) mass is 202 g/mol. The second kappa shape index (κ2) is 2.81. The van der Waals surface area contributed by atoms with Crippen LogP contribution in [-0.2, 0) is 10.2 Å². The molecule has 3 rings (SSSR count). The zero-order chi connectivity index (χ0) is 10.5. The second-order valence-corrected chi connectivity index (χ2v) is 4.61. The fourth-order valence-corrected chi connectivity index (χ4v) is 2.52. The van der Waals surface area contributed by atoms with Crippen molar-refractivity contribution in [2.75, 3.05) is 11.9 Å². The molecule has 2 heterocycles. The first kappa shape index (κ1) is 8.89. The van der Waals surface area contributed by atoms with Crippen molar-refractivity contribution < 1.29 is 4.79 Å². The molecule has 3 heteroatoms. The van der Waals surface area contributed by atoms with Gasteiger partial charge in [-0.1, -0.05) is 6.07 Å². The molecular weight excluding hydrogens is 188 g/mol. The lowest BCUT2D eigenvalue weighted by Crippen LogP contribution is -2.25. The van der Waals surface area contributed by atoms with Gasteiger partial charge in [-0.2, -0.15) is 0 Å². The molecule has 1 aromatic heterocycles. The minimum atomic E-state index is 0.193. The summed E-state index contributed by atoms with van der Waals surface area (Å²) >= 11 is 0. The Labute approximate surface area is 89.1 Å². The summed E-state index contributed by atoms with van der Waals surface area (Å²) in [4.78, 5) is 17.8. The Morgan fingerprint density at radius 1 is 1.40 bits per heavy atom. The first-order valence-electron chi connectivity index (χ1n) is 5.45. The van der Waals surface area contributed by atoms with Gasteiger partial charge in [0.25, 0.3) is 0 Å². The summed E-state index contributed by atoms with van der Waals surface area (Å²) in [5.41, 5.74) is 1.56. The molecule has 1 aliphatic heterocycles. The Kier molecular flexibility index (Phi) is 1.67. The van der Waals surface area contributed by atoms with Crippen LogP contribution in [0.5, 0.6) is 0 Å². The molecule has 1 saturated carbocycles. The zero-order valence-electron chi connectivity index (χ0n) is 8.86.